The zero-order chi connectivity index (χ0) is 7.28. The van der Waals surface area contributed by atoms with Gasteiger partial charge in [-0.1, -0.05) is 36.5 Å². The van der Waals surface area contributed by atoms with Gasteiger partial charge in [0.2, 0.25) is 0 Å². The summed E-state index contributed by atoms with van der Waals surface area (Å²) < 4.78 is 0. The monoisotopic (exact) mass is 182 g/mol. The quantitative estimate of drug-likeness (QED) is 0.589. The van der Waals surface area contributed by atoms with Crippen LogP contribution < -0.4 is 0 Å². The van der Waals surface area contributed by atoms with Gasteiger partial charge >= 0.3 is 0 Å². The largest absolute Gasteiger partial charge is 0.0917 e. The van der Waals surface area contributed by atoms with Gasteiger partial charge in [0.1, 0.15) is 0 Å². The summed E-state index contributed by atoms with van der Waals surface area (Å²) in [6, 6.07) is 0. The molecule has 0 aromatic rings. The molecule has 3 heteroatoms. The van der Waals surface area contributed by atoms with Crippen LogP contribution >= 0.6 is 23.2 Å². The minimum atomic E-state index is 0.564. The van der Waals surface area contributed by atoms with Crippen molar-refractivity contribution in [3.05, 3.63) is 10.6 Å². The Morgan fingerprint density at radius 2 is 2.33 bits per heavy atom. The summed E-state index contributed by atoms with van der Waals surface area (Å²) in [5.74, 6) is 0. The second-order valence-electron chi connectivity index (χ2n) is 2.18. The van der Waals surface area contributed by atoms with Crippen molar-refractivity contribution in [1.82, 2.24) is 0 Å². The van der Waals surface area contributed by atoms with Gasteiger partial charge in [-0.2, -0.15) is 0 Å². The SMILES string of the molecule is CCCC([SiH3])C(Cl)=CCl. The molecule has 0 saturated heterocycles. The third-order valence-electron chi connectivity index (χ3n) is 1.30. The Bertz CT molecular complexity index is 101. The van der Waals surface area contributed by atoms with Crippen molar-refractivity contribution in [3.8, 4) is 0 Å². The van der Waals surface area contributed by atoms with Crippen molar-refractivity contribution < 1.29 is 0 Å². The van der Waals surface area contributed by atoms with Crippen LogP contribution in [0, 0.1) is 0 Å². The number of hydrogen-bond donors (Lipinski definition) is 0. The Balaban J connectivity index is 3.59. The van der Waals surface area contributed by atoms with Gasteiger partial charge in [0.05, 0.1) is 0 Å². The van der Waals surface area contributed by atoms with E-state index in [2.05, 4.69) is 6.92 Å². The highest BCUT2D eigenvalue weighted by atomic mass is 35.5. The molecule has 0 aromatic carbocycles. The van der Waals surface area contributed by atoms with Crippen LogP contribution in [0.15, 0.2) is 10.6 Å². The van der Waals surface area contributed by atoms with Crippen molar-refractivity contribution in [2.75, 3.05) is 0 Å². The summed E-state index contributed by atoms with van der Waals surface area (Å²) in [5.41, 5.74) is 2.05. The third-order valence-corrected chi connectivity index (χ3v) is 3.69. The average molecular weight is 183 g/mol. The normalized spacial score (nSPS) is 16.1. The Morgan fingerprint density at radius 1 is 1.78 bits per heavy atom. The molecule has 0 heterocycles. The van der Waals surface area contributed by atoms with Gasteiger partial charge in [0.15, 0.2) is 0 Å². The van der Waals surface area contributed by atoms with E-state index in [4.69, 9.17) is 23.2 Å². The lowest BCUT2D eigenvalue weighted by atomic mass is 10.2. The number of rotatable bonds is 3. The molecule has 0 nitrogen and oxygen atoms in total. The standard InChI is InChI=1S/C6H12Cl2Si/c1-2-3-6(9)5(8)4-7/h4,6H,2-3H2,1,9H3. The Labute approximate surface area is 69.7 Å². The summed E-state index contributed by atoms with van der Waals surface area (Å²) in [4.78, 5) is 0. The van der Waals surface area contributed by atoms with Crippen molar-refractivity contribution in [2.24, 2.45) is 0 Å². The summed E-state index contributed by atoms with van der Waals surface area (Å²) in [6.45, 7) is 2.16. The summed E-state index contributed by atoms with van der Waals surface area (Å²) in [7, 11) is 1.11. The average Bonchev–Trinajstić information content (AvgIpc) is 1.87. The van der Waals surface area contributed by atoms with Crippen molar-refractivity contribution >= 4 is 33.4 Å². The molecule has 0 saturated carbocycles. The van der Waals surface area contributed by atoms with E-state index >= 15 is 0 Å². The van der Waals surface area contributed by atoms with Crippen LogP contribution in [-0.2, 0) is 0 Å². The number of allylic oxidation sites excluding steroid dienone is 1. The van der Waals surface area contributed by atoms with Crippen molar-refractivity contribution in [3.63, 3.8) is 0 Å². The fourth-order valence-electron chi connectivity index (χ4n) is 0.678. The van der Waals surface area contributed by atoms with Gasteiger partial charge in [-0.15, -0.1) is 0 Å². The van der Waals surface area contributed by atoms with Gasteiger partial charge in [0.25, 0.3) is 0 Å². The Morgan fingerprint density at radius 3 is 2.67 bits per heavy atom. The van der Waals surface area contributed by atoms with Gasteiger partial charge in [-0.25, -0.2) is 0 Å². The summed E-state index contributed by atoms with van der Waals surface area (Å²) in [5, 5.41) is 0.824. The molecule has 0 bridgehead atoms. The van der Waals surface area contributed by atoms with E-state index in [0.717, 1.165) is 15.3 Å². The fraction of sp³-hybridized carbons (Fsp3) is 0.667. The lowest BCUT2D eigenvalue weighted by Gasteiger charge is -2.05. The predicted octanol–water partition coefficient (Wildman–Crippen LogP) is 2.26. The van der Waals surface area contributed by atoms with Gasteiger partial charge in [-0.3, -0.25) is 0 Å². The molecule has 0 amide bonds. The molecule has 0 rings (SSSR count). The molecule has 54 valence electrons. The van der Waals surface area contributed by atoms with E-state index in [1.165, 1.54) is 18.4 Å². The van der Waals surface area contributed by atoms with Crippen LogP contribution in [0.2, 0.25) is 5.54 Å². The molecular weight excluding hydrogens is 171 g/mol. The molecule has 0 N–H and O–H groups in total. The summed E-state index contributed by atoms with van der Waals surface area (Å²) in [6.07, 6.45) is 2.36. The highest BCUT2D eigenvalue weighted by Crippen LogP contribution is 2.23. The lowest BCUT2D eigenvalue weighted by molar-refractivity contribution is 0.805. The maximum Gasteiger partial charge on any atom is 0.0288 e. The lowest BCUT2D eigenvalue weighted by Crippen LogP contribution is -1.89. The Hall–Kier alpha value is 0.537. The second-order valence-corrected chi connectivity index (χ2v) is 4.23. The fourth-order valence-corrected chi connectivity index (χ4v) is 1.96. The van der Waals surface area contributed by atoms with E-state index in [0.29, 0.717) is 5.54 Å². The molecule has 0 aromatic heterocycles. The smallest absolute Gasteiger partial charge is 0.0288 e. The molecule has 0 aliphatic carbocycles. The molecule has 0 aliphatic rings. The first-order chi connectivity index (χ1) is 4.22. The van der Waals surface area contributed by atoms with Crippen LogP contribution in [0.4, 0.5) is 0 Å². The maximum absolute atomic E-state index is 5.76. The molecular formula is C6H12Cl2Si. The Kier molecular flexibility index (Phi) is 5.65. The number of halogens is 2. The van der Waals surface area contributed by atoms with Gasteiger partial charge < -0.3 is 0 Å². The zero-order valence-electron chi connectivity index (χ0n) is 5.82. The van der Waals surface area contributed by atoms with Crippen LogP contribution in [0.25, 0.3) is 0 Å². The highest BCUT2D eigenvalue weighted by Gasteiger charge is 2.02. The summed E-state index contributed by atoms with van der Waals surface area (Å²) >= 11 is 11.2. The van der Waals surface area contributed by atoms with E-state index < -0.39 is 0 Å². The predicted molar refractivity (Wildman–Crippen MR) is 48.4 cm³/mol. The van der Waals surface area contributed by atoms with Gasteiger partial charge in [-0.05, 0) is 12.0 Å². The van der Waals surface area contributed by atoms with E-state index in [1.54, 1.807) is 0 Å². The topological polar surface area (TPSA) is 0 Å². The van der Waals surface area contributed by atoms with Crippen LogP contribution in [-0.4, -0.2) is 10.2 Å². The second kappa shape index (κ2) is 5.33. The highest BCUT2D eigenvalue weighted by molar-refractivity contribution is 6.40. The first kappa shape index (κ1) is 9.54. The van der Waals surface area contributed by atoms with E-state index in [9.17, 15) is 0 Å². The maximum atomic E-state index is 5.76. The van der Waals surface area contributed by atoms with Crippen molar-refractivity contribution in [1.29, 1.82) is 0 Å². The molecule has 0 radical (unpaired) electrons. The molecule has 0 fully saturated rings. The molecule has 9 heavy (non-hydrogen) atoms. The molecule has 0 spiro atoms. The first-order valence-corrected chi connectivity index (χ1v) is 5.15. The van der Waals surface area contributed by atoms with Crippen LogP contribution in [0.1, 0.15) is 19.8 Å². The van der Waals surface area contributed by atoms with E-state index in [1.807, 2.05) is 0 Å². The molecule has 1 unspecified atom stereocenters. The minimum absolute atomic E-state index is 0.564. The first-order valence-electron chi connectivity index (χ1n) is 3.18. The van der Waals surface area contributed by atoms with E-state index in [-0.39, 0.29) is 0 Å². The number of hydrogen-bond acceptors (Lipinski definition) is 0. The van der Waals surface area contributed by atoms with Crippen LogP contribution in [0.3, 0.4) is 0 Å². The van der Waals surface area contributed by atoms with Crippen LogP contribution in [0.5, 0.6) is 0 Å². The molecule has 1 atom stereocenters. The third kappa shape index (κ3) is 4.01. The zero-order valence-corrected chi connectivity index (χ0v) is 9.34. The van der Waals surface area contributed by atoms with Gasteiger partial charge in [0, 0.05) is 20.8 Å². The minimum Gasteiger partial charge on any atom is -0.0917 e. The van der Waals surface area contributed by atoms with Crippen molar-refractivity contribution in [2.45, 2.75) is 25.3 Å². The molecule has 0 aliphatic heterocycles.